The molecule has 0 radical (unpaired) electrons. The van der Waals surface area contributed by atoms with Crippen LogP contribution in [-0.4, -0.2) is 21.3 Å². The maximum atomic E-state index is 14.5. The lowest BCUT2D eigenvalue weighted by Gasteiger charge is -2.34. The Morgan fingerprint density at radius 2 is 1.96 bits per heavy atom. The molecule has 0 fully saturated rings. The third kappa shape index (κ3) is 2.41. The molecule has 0 bridgehead atoms. The van der Waals surface area contributed by atoms with Crippen molar-refractivity contribution >= 4 is 28.6 Å². The molecule has 1 aliphatic rings. The van der Waals surface area contributed by atoms with Crippen molar-refractivity contribution in [2.24, 2.45) is 0 Å². The maximum absolute atomic E-state index is 14.5. The van der Waals surface area contributed by atoms with Crippen LogP contribution in [0.3, 0.4) is 0 Å². The van der Waals surface area contributed by atoms with Gasteiger partial charge in [-0.2, -0.15) is 5.10 Å². The van der Waals surface area contributed by atoms with Gasteiger partial charge in [0.05, 0.1) is 11.3 Å². The number of nitrogens with one attached hydrogen (secondary N) is 1. The lowest BCUT2D eigenvalue weighted by atomic mass is 9.87. The highest BCUT2D eigenvalue weighted by atomic mass is 127. The minimum absolute atomic E-state index is 0.0679. The number of rotatable bonds is 2. The standard InChI is InChI=1S/C19H14FIN2O3/c1-19(2)14-15(22-23-16(14)18(24)25)10-7-8-12(21)13(17(10)26-19)9-5-3-4-6-11(9)20/h3-8H,1-2H3,(H,22,23)(H,24,25). The monoisotopic (exact) mass is 464 g/mol. The minimum Gasteiger partial charge on any atom is -0.482 e. The van der Waals surface area contributed by atoms with Crippen LogP contribution in [0.5, 0.6) is 5.75 Å². The molecule has 0 spiro atoms. The first kappa shape index (κ1) is 17.0. The van der Waals surface area contributed by atoms with Crippen LogP contribution in [0, 0.1) is 9.39 Å². The summed E-state index contributed by atoms with van der Waals surface area (Å²) in [7, 11) is 0. The summed E-state index contributed by atoms with van der Waals surface area (Å²) in [6.45, 7) is 3.56. The topological polar surface area (TPSA) is 75.2 Å². The highest BCUT2D eigenvalue weighted by molar-refractivity contribution is 14.1. The summed E-state index contributed by atoms with van der Waals surface area (Å²) in [4.78, 5) is 11.5. The van der Waals surface area contributed by atoms with Gasteiger partial charge in [0.2, 0.25) is 0 Å². The number of ether oxygens (including phenoxy) is 1. The van der Waals surface area contributed by atoms with E-state index in [2.05, 4.69) is 32.8 Å². The van der Waals surface area contributed by atoms with E-state index >= 15 is 0 Å². The molecule has 2 N–H and O–H groups in total. The Kier molecular flexibility index (Phi) is 3.80. The number of aromatic amines is 1. The highest BCUT2D eigenvalue weighted by Gasteiger charge is 2.40. The van der Waals surface area contributed by atoms with Crippen LogP contribution in [0.1, 0.15) is 29.9 Å². The average molecular weight is 464 g/mol. The highest BCUT2D eigenvalue weighted by Crippen LogP contribution is 2.51. The predicted octanol–water partition coefficient (Wildman–Crippen LogP) is 4.81. The number of carboxylic acids is 1. The molecular weight excluding hydrogens is 450 g/mol. The Morgan fingerprint density at radius 1 is 1.23 bits per heavy atom. The molecular formula is C19H14FIN2O3. The number of aromatic nitrogens is 2. The minimum atomic E-state index is -1.12. The number of hydrogen-bond donors (Lipinski definition) is 2. The van der Waals surface area contributed by atoms with E-state index in [1.165, 1.54) is 6.07 Å². The molecule has 0 aliphatic carbocycles. The van der Waals surface area contributed by atoms with Crippen LogP contribution in [-0.2, 0) is 5.60 Å². The fourth-order valence-electron chi connectivity index (χ4n) is 3.36. The van der Waals surface area contributed by atoms with Crippen LogP contribution in [0.25, 0.3) is 22.4 Å². The van der Waals surface area contributed by atoms with Gasteiger partial charge in [-0.3, -0.25) is 5.10 Å². The summed E-state index contributed by atoms with van der Waals surface area (Å²) < 4.78 is 21.5. The first-order valence-electron chi connectivity index (χ1n) is 7.90. The van der Waals surface area contributed by atoms with Crippen molar-refractivity contribution in [1.29, 1.82) is 0 Å². The van der Waals surface area contributed by atoms with Gasteiger partial charge in [0, 0.05) is 20.3 Å². The maximum Gasteiger partial charge on any atom is 0.356 e. The van der Waals surface area contributed by atoms with Crippen LogP contribution in [0.4, 0.5) is 4.39 Å². The molecule has 3 aromatic rings. The predicted molar refractivity (Wildman–Crippen MR) is 103 cm³/mol. The lowest BCUT2D eigenvalue weighted by Crippen LogP contribution is -2.31. The van der Waals surface area contributed by atoms with Gasteiger partial charge < -0.3 is 9.84 Å². The van der Waals surface area contributed by atoms with Crippen LogP contribution in [0.15, 0.2) is 36.4 Å². The van der Waals surface area contributed by atoms with Crippen molar-refractivity contribution in [3.8, 4) is 28.1 Å². The van der Waals surface area contributed by atoms with E-state index in [-0.39, 0.29) is 11.5 Å². The zero-order valence-electron chi connectivity index (χ0n) is 13.9. The van der Waals surface area contributed by atoms with E-state index in [4.69, 9.17) is 4.74 Å². The lowest BCUT2D eigenvalue weighted by molar-refractivity contribution is 0.0665. The normalized spacial score (nSPS) is 14.3. The number of nitrogens with zero attached hydrogens (tertiary/aromatic N) is 1. The zero-order chi connectivity index (χ0) is 18.6. The van der Waals surface area contributed by atoms with Gasteiger partial charge in [0.15, 0.2) is 5.69 Å². The Labute approximate surface area is 162 Å². The zero-order valence-corrected chi connectivity index (χ0v) is 16.1. The van der Waals surface area contributed by atoms with Crippen molar-refractivity contribution in [1.82, 2.24) is 10.2 Å². The van der Waals surface area contributed by atoms with Gasteiger partial charge in [0.25, 0.3) is 0 Å². The van der Waals surface area contributed by atoms with Gasteiger partial charge in [-0.25, -0.2) is 9.18 Å². The molecule has 0 amide bonds. The Morgan fingerprint density at radius 3 is 2.65 bits per heavy atom. The Hall–Kier alpha value is -2.42. The molecule has 4 rings (SSSR count). The molecule has 1 aromatic heterocycles. The number of H-pyrrole nitrogens is 1. The number of benzene rings is 2. The van der Waals surface area contributed by atoms with Crippen molar-refractivity contribution in [2.45, 2.75) is 19.4 Å². The Balaban J connectivity index is 2.06. The van der Waals surface area contributed by atoms with Crippen LogP contribution in [0.2, 0.25) is 0 Å². The van der Waals surface area contributed by atoms with Crippen LogP contribution >= 0.6 is 22.6 Å². The summed E-state index contributed by atoms with van der Waals surface area (Å²) in [5.41, 5.74) is 1.81. The van der Waals surface area contributed by atoms with Gasteiger partial charge in [-0.15, -0.1) is 0 Å². The summed E-state index contributed by atoms with van der Waals surface area (Å²) >= 11 is 2.15. The summed E-state index contributed by atoms with van der Waals surface area (Å²) in [5.74, 6) is -0.954. The SMILES string of the molecule is CC1(C)Oc2c(ccc(I)c2-c2ccccc2F)-c2[nH]nc(C(=O)O)c21. The van der Waals surface area contributed by atoms with Crippen molar-refractivity contribution in [3.63, 3.8) is 0 Å². The molecule has 0 unspecified atom stereocenters. The second kappa shape index (κ2) is 5.80. The number of hydrogen-bond acceptors (Lipinski definition) is 3. The van der Waals surface area contributed by atoms with E-state index in [0.29, 0.717) is 33.7 Å². The fourth-order valence-corrected chi connectivity index (χ4v) is 4.08. The van der Waals surface area contributed by atoms with Crippen molar-refractivity contribution < 1.29 is 19.0 Å². The first-order chi connectivity index (χ1) is 12.3. The second-order valence-corrected chi connectivity index (χ2v) is 7.68. The molecule has 5 nitrogen and oxygen atoms in total. The molecule has 1 aliphatic heterocycles. The number of fused-ring (bicyclic) bond motifs is 3. The third-order valence-electron chi connectivity index (χ3n) is 4.45. The summed E-state index contributed by atoms with van der Waals surface area (Å²) in [6.07, 6.45) is 0. The van der Waals surface area contributed by atoms with Gasteiger partial charge in [-0.05, 0) is 54.6 Å². The average Bonchev–Trinajstić information content (AvgIpc) is 3.02. The summed E-state index contributed by atoms with van der Waals surface area (Å²) in [6, 6.07) is 10.2. The fraction of sp³-hybridized carbons (Fsp3) is 0.158. The number of aromatic carboxylic acids is 1. The smallest absolute Gasteiger partial charge is 0.356 e. The molecule has 0 saturated carbocycles. The largest absolute Gasteiger partial charge is 0.482 e. The quantitative estimate of drug-likeness (QED) is 0.534. The van der Waals surface area contributed by atoms with E-state index in [9.17, 15) is 14.3 Å². The Bertz CT molecular complexity index is 1060. The molecule has 0 saturated heterocycles. The molecule has 2 heterocycles. The number of carbonyl (C=O) groups is 1. The van der Waals surface area contributed by atoms with Gasteiger partial charge >= 0.3 is 5.97 Å². The van der Waals surface area contributed by atoms with E-state index in [0.717, 1.165) is 3.57 Å². The number of halogens is 2. The molecule has 26 heavy (non-hydrogen) atoms. The molecule has 7 heteroatoms. The van der Waals surface area contributed by atoms with Crippen molar-refractivity contribution in [2.75, 3.05) is 0 Å². The van der Waals surface area contributed by atoms with E-state index in [1.54, 1.807) is 32.0 Å². The van der Waals surface area contributed by atoms with Gasteiger partial charge in [0.1, 0.15) is 17.2 Å². The molecule has 2 aromatic carbocycles. The second-order valence-electron chi connectivity index (χ2n) is 6.52. The van der Waals surface area contributed by atoms with E-state index in [1.807, 2.05) is 12.1 Å². The van der Waals surface area contributed by atoms with Crippen LogP contribution < -0.4 is 4.74 Å². The van der Waals surface area contributed by atoms with Gasteiger partial charge in [-0.1, -0.05) is 18.2 Å². The van der Waals surface area contributed by atoms with Crippen molar-refractivity contribution in [3.05, 3.63) is 57.0 Å². The third-order valence-corrected chi connectivity index (χ3v) is 5.35. The summed E-state index contributed by atoms with van der Waals surface area (Å²) in [5, 5.41) is 16.2. The molecule has 0 atom stereocenters. The number of carboxylic acid groups (broad SMARTS) is 1. The first-order valence-corrected chi connectivity index (χ1v) is 8.98. The van der Waals surface area contributed by atoms with E-state index < -0.39 is 11.6 Å². The molecule has 132 valence electrons.